The largest absolute Gasteiger partial charge is 0.474 e. The highest BCUT2D eigenvalue weighted by atomic mass is 16.5. The zero-order valence-corrected chi connectivity index (χ0v) is 12.7. The summed E-state index contributed by atoms with van der Waals surface area (Å²) in [4.78, 5) is 8.50. The van der Waals surface area contributed by atoms with Gasteiger partial charge in [-0.05, 0) is 37.5 Å². The summed E-state index contributed by atoms with van der Waals surface area (Å²) in [5.74, 6) is 7.19. The average molecular weight is 276 g/mol. The van der Waals surface area contributed by atoms with Crippen molar-refractivity contribution < 1.29 is 4.74 Å². The van der Waals surface area contributed by atoms with Crippen molar-refractivity contribution in [2.45, 2.75) is 53.1 Å². The van der Waals surface area contributed by atoms with Crippen LogP contribution < -0.4 is 16.0 Å². The number of nitrogens with zero attached hydrogens (tertiary/aromatic N) is 2. The monoisotopic (exact) mass is 276 g/mol. The topological polar surface area (TPSA) is 73.1 Å². The molecule has 5 nitrogen and oxygen atoms in total. The van der Waals surface area contributed by atoms with Gasteiger partial charge in [0, 0.05) is 17.2 Å². The highest BCUT2D eigenvalue weighted by Gasteiger charge is 2.62. The first-order valence-corrected chi connectivity index (χ1v) is 7.36. The molecule has 110 valence electrons. The summed E-state index contributed by atoms with van der Waals surface area (Å²) in [6.07, 6.45) is 3.91. The first kappa shape index (κ1) is 13.6. The molecule has 5 heteroatoms. The molecule has 0 aromatic carbocycles. The van der Waals surface area contributed by atoms with Crippen LogP contribution in [-0.2, 0) is 0 Å². The zero-order chi connectivity index (χ0) is 14.5. The van der Waals surface area contributed by atoms with Gasteiger partial charge in [-0.1, -0.05) is 20.8 Å². The molecule has 2 saturated carbocycles. The van der Waals surface area contributed by atoms with Gasteiger partial charge in [-0.15, -0.1) is 0 Å². The summed E-state index contributed by atoms with van der Waals surface area (Å²) < 4.78 is 6.22. The van der Waals surface area contributed by atoms with Crippen molar-refractivity contribution >= 4 is 5.95 Å². The molecule has 3 unspecified atom stereocenters. The second-order valence-electron chi connectivity index (χ2n) is 7.03. The Hall–Kier alpha value is -1.36. The zero-order valence-electron chi connectivity index (χ0n) is 12.7. The van der Waals surface area contributed by atoms with Crippen molar-refractivity contribution in [2.24, 2.45) is 22.6 Å². The first-order valence-electron chi connectivity index (χ1n) is 7.36. The average Bonchev–Trinajstić information content (AvgIpc) is 2.71. The Bertz CT molecular complexity index is 531. The van der Waals surface area contributed by atoms with E-state index in [0.29, 0.717) is 17.2 Å². The van der Waals surface area contributed by atoms with Gasteiger partial charge in [-0.2, -0.15) is 4.98 Å². The minimum atomic E-state index is 0.229. The minimum Gasteiger partial charge on any atom is -0.474 e. The summed E-state index contributed by atoms with van der Waals surface area (Å²) in [5.41, 5.74) is 3.92. The van der Waals surface area contributed by atoms with Gasteiger partial charge in [0.1, 0.15) is 6.10 Å². The fourth-order valence-corrected chi connectivity index (χ4v) is 4.12. The lowest BCUT2D eigenvalue weighted by atomic mass is 9.70. The number of nitrogen functional groups attached to an aromatic ring is 1. The predicted octanol–water partition coefficient (Wildman–Crippen LogP) is 2.66. The number of rotatable bonds is 3. The number of aryl methyl sites for hydroxylation is 1. The van der Waals surface area contributed by atoms with Crippen LogP contribution in [0.1, 0.15) is 45.7 Å². The Kier molecular flexibility index (Phi) is 2.94. The van der Waals surface area contributed by atoms with Crippen LogP contribution in [0, 0.1) is 23.7 Å². The molecule has 2 bridgehead atoms. The lowest BCUT2D eigenvalue weighted by Crippen LogP contribution is -2.39. The number of hydrogen-bond donors (Lipinski definition) is 2. The van der Waals surface area contributed by atoms with Crippen LogP contribution in [0.4, 0.5) is 5.95 Å². The highest BCUT2D eigenvalue weighted by molar-refractivity contribution is 5.29. The minimum absolute atomic E-state index is 0.229. The van der Waals surface area contributed by atoms with Crippen molar-refractivity contribution in [2.75, 3.05) is 5.43 Å². The summed E-state index contributed by atoms with van der Waals surface area (Å²) >= 11 is 0. The van der Waals surface area contributed by atoms with Crippen molar-refractivity contribution in [1.29, 1.82) is 0 Å². The Morgan fingerprint density at radius 1 is 1.35 bits per heavy atom. The van der Waals surface area contributed by atoms with Gasteiger partial charge in [0.15, 0.2) is 0 Å². The molecular formula is C15H24N4O. The maximum atomic E-state index is 6.22. The number of hydrogen-bond acceptors (Lipinski definition) is 5. The summed E-state index contributed by atoms with van der Waals surface area (Å²) in [6, 6.07) is 1.88. The second-order valence-corrected chi connectivity index (χ2v) is 7.03. The highest BCUT2D eigenvalue weighted by Crippen LogP contribution is 2.66. The van der Waals surface area contributed by atoms with Gasteiger partial charge in [-0.25, -0.2) is 10.8 Å². The molecule has 20 heavy (non-hydrogen) atoms. The number of aromatic nitrogens is 2. The van der Waals surface area contributed by atoms with Crippen LogP contribution in [-0.4, -0.2) is 16.1 Å². The van der Waals surface area contributed by atoms with Crippen molar-refractivity contribution in [3.63, 3.8) is 0 Å². The van der Waals surface area contributed by atoms with Gasteiger partial charge in [0.25, 0.3) is 0 Å². The van der Waals surface area contributed by atoms with Crippen LogP contribution in [0.15, 0.2) is 6.07 Å². The first-order chi connectivity index (χ1) is 9.36. The Balaban J connectivity index is 1.85. The van der Waals surface area contributed by atoms with Gasteiger partial charge < -0.3 is 4.74 Å². The number of ether oxygens (including phenoxy) is 1. The molecule has 0 saturated heterocycles. The maximum absolute atomic E-state index is 6.22. The molecule has 2 fully saturated rings. The number of nitrogens with one attached hydrogen (secondary N) is 1. The number of nitrogens with two attached hydrogens (primary N) is 1. The third-order valence-corrected chi connectivity index (χ3v) is 5.94. The SMILES string of the molecule is Cc1cc(OC2CC3CCC2(C)C3(C)C)nc(NN)n1. The fourth-order valence-electron chi connectivity index (χ4n) is 4.12. The predicted molar refractivity (Wildman–Crippen MR) is 78.2 cm³/mol. The van der Waals surface area contributed by atoms with Crippen molar-refractivity contribution in [1.82, 2.24) is 9.97 Å². The van der Waals surface area contributed by atoms with E-state index in [2.05, 4.69) is 36.2 Å². The Morgan fingerprint density at radius 3 is 2.65 bits per heavy atom. The summed E-state index contributed by atoms with van der Waals surface area (Å²) in [5, 5.41) is 0. The molecule has 2 aliphatic carbocycles. The van der Waals surface area contributed by atoms with E-state index in [0.717, 1.165) is 18.0 Å². The lowest BCUT2D eigenvalue weighted by Gasteiger charge is -2.38. The van der Waals surface area contributed by atoms with E-state index in [9.17, 15) is 0 Å². The van der Waals surface area contributed by atoms with E-state index < -0.39 is 0 Å². The molecule has 2 aliphatic rings. The number of fused-ring (bicyclic) bond motifs is 2. The molecule has 1 aromatic rings. The van der Waals surface area contributed by atoms with E-state index >= 15 is 0 Å². The fraction of sp³-hybridized carbons (Fsp3) is 0.733. The van der Waals surface area contributed by atoms with Crippen LogP contribution in [0.25, 0.3) is 0 Å². The molecular weight excluding hydrogens is 252 g/mol. The molecule has 0 radical (unpaired) electrons. The van der Waals surface area contributed by atoms with Crippen LogP contribution in [0.2, 0.25) is 0 Å². The Labute approximate surface area is 120 Å². The summed E-state index contributed by atoms with van der Waals surface area (Å²) in [7, 11) is 0. The molecule has 1 heterocycles. The number of hydrazine groups is 1. The van der Waals surface area contributed by atoms with Gasteiger partial charge in [0.2, 0.25) is 11.8 Å². The quantitative estimate of drug-likeness (QED) is 0.656. The van der Waals surface area contributed by atoms with E-state index in [4.69, 9.17) is 10.6 Å². The van der Waals surface area contributed by atoms with E-state index in [-0.39, 0.29) is 11.5 Å². The molecule has 3 N–H and O–H groups in total. The lowest BCUT2D eigenvalue weighted by molar-refractivity contribution is 0.0273. The van der Waals surface area contributed by atoms with Crippen molar-refractivity contribution in [3.8, 4) is 5.88 Å². The molecule has 3 atom stereocenters. The van der Waals surface area contributed by atoms with E-state index in [1.54, 1.807) is 0 Å². The smallest absolute Gasteiger partial charge is 0.240 e. The molecule has 3 rings (SSSR count). The van der Waals surface area contributed by atoms with Gasteiger partial charge in [0.05, 0.1) is 0 Å². The van der Waals surface area contributed by atoms with Crippen molar-refractivity contribution in [3.05, 3.63) is 11.8 Å². The third kappa shape index (κ3) is 1.79. The Morgan fingerprint density at radius 2 is 2.10 bits per heavy atom. The maximum Gasteiger partial charge on any atom is 0.240 e. The second kappa shape index (κ2) is 4.32. The summed E-state index contributed by atoms with van der Waals surface area (Å²) in [6.45, 7) is 9.04. The molecule has 1 aromatic heterocycles. The van der Waals surface area contributed by atoms with Crippen LogP contribution in [0.3, 0.4) is 0 Å². The molecule has 0 amide bonds. The van der Waals surface area contributed by atoms with Gasteiger partial charge >= 0.3 is 0 Å². The van der Waals surface area contributed by atoms with Gasteiger partial charge in [-0.3, -0.25) is 5.43 Å². The molecule has 0 aliphatic heterocycles. The normalized spacial score (nSPS) is 34.2. The number of anilines is 1. The van der Waals surface area contributed by atoms with Crippen LogP contribution in [0.5, 0.6) is 5.88 Å². The van der Waals surface area contributed by atoms with E-state index in [1.807, 2.05) is 13.0 Å². The standard InChI is InChI=1S/C15H24N4O/c1-9-7-12(18-13(17-9)19-16)20-11-8-10-5-6-15(11,4)14(10,2)3/h7,10-11H,5-6,8,16H2,1-4H3,(H,17,18,19). The van der Waals surface area contributed by atoms with E-state index in [1.165, 1.54) is 12.8 Å². The molecule has 0 spiro atoms. The third-order valence-electron chi connectivity index (χ3n) is 5.94. The van der Waals surface area contributed by atoms with Crippen LogP contribution >= 0.6 is 0 Å².